The van der Waals surface area contributed by atoms with Gasteiger partial charge in [0, 0.05) is 25.3 Å². The van der Waals surface area contributed by atoms with Crippen LogP contribution in [-0.2, 0) is 0 Å². The number of aliphatic hydroxyl groups excluding tert-OH is 1. The maximum absolute atomic E-state index is 14.1. The number of aromatic nitrogens is 3. The van der Waals surface area contributed by atoms with Crippen molar-refractivity contribution in [1.29, 1.82) is 0 Å². The number of nitrogens with two attached hydrogens (primary N) is 2. The molecule has 3 aromatic rings. The molecule has 0 spiro atoms. The highest BCUT2D eigenvalue weighted by Crippen LogP contribution is 2.29. The molecule has 0 bridgehead atoms. The molecule has 0 radical (unpaired) electrons. The summed E-state index contributed by atoms with van der Waals surface area (Å²) in [6.45, 7) is 0.925. The topological polar surface area (TPSA) is 143 Å². The molecule has 0 unspecified atom stereocenters. The second-order valence-electron chi connectivity index (χ2n) is 7.41. The molecule has 1 aromatic carbocycles. The van der Waals surface area contributed by atoms with E-state index in [1.165, 1.54) is 12.3 Å². The highest BCUT2D eigenvalue weighted by atomic mass is 19.1. The van der Waals surface area contributed by atoms with E-state index in [1.807, 2.05) is 4.90 Å². The summed E-state index contributed by atoms with van der Waals surface area (Å²) in [6.07, 6.45) is 4.04. The van der Waals surface area contributed by atoms with E-state index in [0.29, 0.717) is 30.9 Å². The average Bonchev–Trinajstić information content (AvgIpc) is 2.77. The zero-order valence-electron chi connectivity index (χ0n) is 16.9. The lowest BCUT2D eigenvalue weighted by atomic mass is 10.0. The fraction of sp³-hybridized carbons (Fsp3) is 0.238. The Kier molecular flexibility index (Phi) is 5.93. The predicted octanol–water partition coefficient (Wildman–Crippen LogP) is 1.55. The lowest BCUT2D eigenvalue weighted by Crippen LogP contribution is -2.51. The van der Waals surface area contributed by atoms with Crippen molar-refractivity contribution in [3.05, 3.63) is 60.2 Å². The number of halogens is 2. The Hall–Kier alpha value is -3.70. The summed E-state index contributed by atoms with van der Waals surface area (Å²) in [5.74, 6) is -2.72. The Balaban J connectivity index is 1.63. The minimum atomic E-state index is -0.862. The molecule has 0 saturated carbocycles. The van der Waals surface area contributed by atoms with E-state index in [4.69, 9.17) is 11.5 Å². The molecule has 1 fully saturated rings. The van der Waals surface area contributed by atoms with Crippen molar-refractivity contribution < 1.29 is 18.7 Å². The Morgan fingerprint density at radius 1 is 1.22 bits per heavy atom. The van der Waals surface area contributed by atoms with E-state index < -0.39 is 35.3 Å². The lowest BCUT2D eigenvalue weighted by molar-refractivity contribution is 0.102. The van der Waals surface area contributed by atoms with Crippen molar-refractivity contribution in [2.75, 3.05) is 29.0 Å². The van der Waals surface area contributed by atoms with Crippen molar-refractivity contribution in [2.24, 2.45) is 5.73 Å². The number of hydrogen-bond acceptors (Lipinski definition) is 8. The third-order valence-electron chi connectivity index (χ3n) is 5.23. The summed E-state index contributed by atoms with van der Waals surface area (Å²) in [5.41, 5.74) is 12.1. The molecule has 2 aromatic heterocycles. The van der Waals surface area contributed by atoms with Crippen LogP contribution in [0.25, 0.3) is 11.4 Å². The van der Waals surface area contributed by atoms with Crippen molar-refractivity contribution >= 4 is 23.0 Å². The summed E-state index contributed by atoms with van der Waals surface area (Å²) in [6, 6.07) is 4.63. The number of nitrogen functional groups attached to an aromatic ring is 1. The first-order valence-corrected chi connectivity index (χ1v) is 9.86. The van der Waals surface area contributed by atoms with Gasteiger partial charge in [-0.3, -0.25) is 9.78 Å². The van der Waals surface area contributed by atoms with Gasteiger partial charge < -0.3 is 26.8 Å². The van der Waals surface area contributed by atoms with E-state index in [9.17, 15) is 18.7 Å². The molecule has 2 atom stereocenters. The monoisotopic (exact) mass is 441 g/mol. The van der Waals surface area contributed by atoms with Gasteiger partial charge in [-0.15, -0.1) is 0 Å². The summed E-state index contributed by atoms with van der Waals surface area (Å²) in [7, 11) is 0. The Morgan fingerprint density at radius 2 is 1.97 bits per heavy atom. The van der Waals surface area contributed by atoms with Crippen LogP contribution in [0.1, 0.15) is 16.9 Å². The van der Waals surface area contributed by atoms with Crippen LogP contribution < -0.4 is 21.7 Å². The Bertz CT molecular complexity index is 1140. The van der Waals surface area contributed by atoms with E-state index in [-0.39, 0.29) is 17.2 Å². The van der Waals surface area contributed by atoms with Gasteiger partial charge in [0.15, 0.2) is 11.5 Å². The van der Waals surface area contributed by atoms with Crippen LogP contribution in [0.5, 0.6) is 0 Å². The summed E-state index contributed by atoms with van der Waals surface area (Å²) < 4.78 is 28.3. The van der Waals surface area contributed by atoms with Crippen LogP contribution in [0.4, 0.5) is 25.8 Å². The van der Waals surface area contributed by atoms with Gasteiger partial charge in [-0.1, -0.05) is 6.07 Å². The van der Waals surface area contributed by atoms with Crippen LogP contribution >= 0.6 is 0 Å². The van der Waals surface area contributed by atoms with E-state index in [2.05, 4.69) is 20.3 Å². The number of aliphatic hydroxyl groups is 1. The zero-order chi connectivity index (χ0) is 22.8. The van der Waals surface area contributed by atoms with Gasteiger partial charge in [0.2, 0.25) is 0 Å². The number of anilines is 3. The largest absolute Gasteiger partial charge is 0.396 e. The Labute approximate surface area is 182 Å². The molecule has 11 heteroatoms. The number of nitrogens with one attached hydrogen (secondary N) is 1. The molecule has 166 valence electrons. The van der Waals surface area contributed by atoms with Crippen molar-refractivity contribution in [2.45, 2.75) is 18.6 Å². The van der Waals surface area contributed by atoms with Crippen LogP contribution in [0.15, 0.2) is 42.9 Å². The van der Waals surface area contributed by atoms with Crippen LogP contribution in [0, 0.1) is 11.6 Å². The molecular weight excluding hydrogens is 420 g/mol. The normalized spacial score (nSPS) is 18.4. The molecule has 4 rings (SSSR count). The second-order valence-corrected chi connectivity index (χ2v) is 7.41. The number of amides is 1. The summed E-state index contributed by atoms with van der Waals surface area (Å²) >= 11 is 0. The highest BCUT2D eigenvalue weighted by Gasteiger charge is 2.27. The second kappa shape index (κ2) is 8.81. The van der Waals surface area contributed by atoms with Crippen molar-refractivity contribution in [3.8, 4) is 11.4 Å². The summed E-state index contributed by atoms with van der Waals surface area (Å²) in [5, 5.41) is 12.6. The average molecular weight is 441 g/mol. The highest BCUT2D eigenvalue weighted by molar-refractivity contribution is 6.07. The molecule has 9 nitrogen and oxygen atoms in total. The van der Waals surface area contributed by atoms with Gasteiger partial charge in [-0.05, 0) is 24.6 Å². The van der Waals surface area contributed by atoms with E-state index >= 15 is 0 Å². The SMILES string of the molecule is Nc1cnc(-c2c(F)cccc2F)nc1C(=O)Nc1cnccc1N1CC[C@@H](O)[C@H](N)C1. The smallest absolute Gasteiger partial charge is 0.276 e. The molecule has 32 heavy (non-hydrogen) atoms. The van der Waals surface area contributed by atoms with E-state index in [0.717, 1.165) is 18.3 Å². The third kappa shape index (κ3) is 4.20. The number of nitrogens with zero attached hydrogens (tertiary/aromatic N) is 4. The number of carbonyl (C=O) groups is 1. The molecular formula is C21H21F2N7O2. The first-order chi connectivity index (χ1) is 15.3. The standard InChI is InChI=1S/C21H21F2N7O2/c22-11-2-1-3-12(23)18(11)20-27-8-13(24)19(29-20)21(32)28-15-9-26-6-4-16(15)30-7-5-17(31)14(25)10-30/h1-4,6,8-9,14,17,31H,5,7,10,24-25H2,(H,28,32)/t14-,17-/m1/s1. The van der Waals surface area contributed by atoms with Gasteiger partial charge in [0.25, 0.3) is 5.91 Å². The van der Waals surface area contributed by atoms with Gasteiger partial charge in [-0.2, -0.15) is 0 Å². The van der Waals surface area contributed by atoms with Gasteiger partial charge in [0.1, 0.15) is 11.6 Å². The fourth-order valence-electron chi connectivity index (χ4n) is 3.53. The first kappa shape index (κ1) is 21.5. The predicted molar refractivity (Wildman–Crippen MR) is 115 cm³/mol. The number of pyridine rings is 1. The molecule has 6 N–H and O–H groups in total. The quantitative estimate of drug-likeness (QED) is 0.478. The minimum absolute atomic E-state index is 0.0587. The van der Waals surface area contributed by atoms with E-state index in [1.54, 1.807) is 12.3 Å². The van der Waals surface area contributed by atoms with Crippen LogP contribution in [0.2, 0.25) is 0 Å². The molecule has 1 saturated heterocycles. The van der Waals surface area contributed by atoms with Gasteiger partial charge in [0.05, 0.1) is 41.1 Å². The number of carbonyl (C=O) groups excluding carboxylic acids is 1. The maximum Gasteiger partial charge on any atom is 0.276 e. The minimum Gasteiger partial charge on any atom is -0.396 e. The van der Waals surface area contributed by atoms with Crippen LogP contribution in [0.3, 0.4) is 0 Å². The number of hydrogen-bond donors (Lipinski definition) is 4. The van der Waals surface area contributed by atoms with Crippen molar-refractivity contribution in [1.82, 2.24) is 15.0 Å². The number of benzene rings is 1. The zero-order valence-corrected chi connectivity index (χ0v) is 16.9. The van der Waals surface area contributed by atoms with Crippen LogP contribution in [-0.4, -0.2) is 51.2 Å². The van der Waals surface area contributed by atoms with Gasteiger partial charge in [-0.25, -0.2) is 18.7 Å². The number of piperidine rings is 1. The maximum atomic E-state index is 14.1. The Morgan fingerprint density at radius 3 is 2.69 bits per heavy atom. The lowest BCUT2D eigenvalue weighted by Gasteiger charge is -2.36. The van der Waals surface area contributed by atoms with Crippen molar-refractivity contribution in [3.63, 3.8) is 0 Å². The molecule has 1 aliphatic heterocycles. The first-order valence-electron chi connectivity index (χ1n) is 9.86. The number of rotatable bonds is 4. The fourth-order valence-corrected chi connectivity index (χ4v) is 3.53. The summed E-state index contributed by atoms with van der Waals surface area (Å²) in [4.78, 5) is 26.8. The third-order valence-corrected chi connectivity index (χ3v) is 5.23. The molecule has 0 aliphatic carbocycles. The molecule has 1 aliphatic rings. The molecule has 1 amide bonds. The molecule has 3 heterocycles. The van der Waals surface area contributed by atoms with Gasteiger partial charge >= 0.3 is 0 Å².